The van der Waals surface area contributed by atoms with Gasteiger partial charge >= 0.3 is 0 Å². The number of aromatic nitrogens is 2. The van der Waals surface area contributed by atoms with Crippen LogP contribution in [0.2, 0.25) is 0 Å². The highest BCUT2D eigenvalue weighted by Crippen LogP contribution is 2.14. The Kier molecular flexibility index (Phi) is 2.37. The molecule has 1 aromatic carbocycles. The van der Waals surface area contributed by atoms with Gasteiger partial charge < -0.3 is 11.5 Å². The van der Waals surface area contributed by atoms with Crippen LogP contribution in [0.5, 0.6) is 0 Å². The molecule has 1 aromatic heterocycles. The largest absolute Gasteiger partial charge is 0.399 e. The van der Waals surface area contributed by atoms with Gasteiger partial charge in [0.05, 0.1) is 11.7 Å². The molecule has 74 valence electrons. The monoisotopic (exact) mass is 190 g/mol. The molecular weight excluding hydrogens is 176 g/mol. The summed E-state index contributed by atoms with van der Waals surface area (Å²) >= 11 is 0. The molecule has 0 amide bonds. The Labute approximate surface area is 82.3 Å². The van der Waals surface area contributed by atoms with Crippen LogP contribution in [0.1, 0.15) is 12.8 Å². The summed E-state index contributed by atoms with van der Waals surface area (Å²) in [5.74, 6) is 0. The Hall–Kier alpha value is -1.55. The average Bonchev–Trinajstić information content (AvgIpc) is 2.82. The van der Waals surface area contributed by atoms with Crippen molar-refractivity contribution in [1.29, 1.82) is 0 Å². The summed E-state index contributed by atoms with van der Waals surface area (Å²) in [6.07, 6.45) is 4.28. The normalized spacial score (nSPS) is 14.9. The van der Waals surface area contributed by atoms with Crippen LogP contribution in [0.15, 0.2) is 24.4 Å². The van der Waals surface area contributed by atoms with E-state index in [-0.39, 0.29) is 0 Å². The molecule has 1 aliphatic carbocycles. The number of hydrogen-bond donors (Lipinski definition) is 3. The van der Waals surface area contributed by atoms with E-state index in [0.717, 1.165) is 16.6 Å². The van der Waals surface area contributed by atoms with E-state index in [2.05, 4.69) is 10.2 Å². The molecule has 14 heavy (non-hydrogen) atoms. The third-order valence-electron chi connectivity index (χ3n) is 2.09. The van der Waals surface area contributed by atoms with Crippen molar-refractivity contribution in [3.8, 4) is 0 Å². The topological polar surface area (TPSA) is 80.7 Å². The van der Waals surface area contributed by atoms with Crippen molar-refractivity contribution < 1.29 is 0 Å². The number of nitrogens with two attached hydrogens (primary N) is 2. The lowest BCUT2D eigenvalue weighted by molar-refractivity contribution is 1.07. The van der Waals surface area contributed by atoms with Gasteiger partial charge in [0.2, 0.25) is 0 Å². The van der Waals surface area contributed by atoms with Crippen LogP contribution in [-0.4, -0.2) is 16.2 Å². The van der Waals surface area contributed by atoms with Crippen molar-refractivity contribution in [3.63, 3.8) is 0 Å². The van der Waals surface area contributed by atoms with Crippen LogP contribution in [0.25, 0.3) is 10.9 Å². The summed E-state index contributed by atoms with van der Waals surface area (Å²) in [6, 6.07) is 6.23. The maximum atomic E-state index is 5.54. The number of nitrogen functional groups attached to an aromatic ring is 1. The van der Waals surface area contributed by atoms with Gasteiger partial charge in [-0.05, 0) is 31.0 Å². The Morgan fingerprint density at radius 1 is 1.36 bits per heavy atom. The first kappa shape index (κ1) is 9.02. The Morgan fingerprint density at radius 3 is 2.71 bits per heavy atom. The van der Waals surface area contributed by atoms with Crippen molar-refractivity contribution in [2.75, 3.05) is 5.73 Å². The van der Waals surface area contributed by atoms with Gasteiger partial charge in [-0.15, -0.1) is 0 Å². The molecule has 4 heteroatoms. The predicted octanol–water partition coefficient (Wildman–Crippen LogP) is 1.25. The number of benzene rings is 1. The first-order chi connectivity index (χ1) is 6.75. The van der Waals surface area contributed by atoms with E-state index in [9.17, 15) is 0 Å². The maximum Gasteiger partial charge on any atom is 0.0651 e. The van der Waals surface area contributed by atoms with E-state index in [0.29, 0.717) is 6.04 Å². The van der Waals surface area contributed by atoms with Crippen molar-refractivity contribution in [2.24, 2.45) is 5.73 Å². The van der Waals surface area contributed by atoms with E-state index in [1.807, 2.05) is 18.2 Å². The lowest BCUT2D eigenvalue weighted by Gasteiger charge is -1.89. The zero-order valence-electron chi connectivity index (χ0n) is 7.90. The van der Waals surface area contributed by atoms with Crippen LogP contribution in [0.3, 0.4) is 0 Å². The second-order valence-electron chi connectivity index (χ2n) is 3.55. The van der Waals surface area contributed by atoms with Gasteiger partial charge in [-0.1, -0.05) is 0 Å². The third kappa shape index (κ3) is 2.23. The fourth-order valence-corrected chi connectivity index (χ4v) is 1.06. The average molecular weight is 190 g/mol. The Bertz CT molecular complexity index is 417. The molecule has 0 unspecified atom stereocenters. The quantitative estimate of drug-likeness (QED) is 0.547. The molecule has 0 aliphatic heterocycles. The van der Waals surface area contributed by atoms with Crippen molar-refractivity contribution in [2.45, 2.75) is 18.9 Å². The van der Waals surface area contributed by atoms with E-state index >= 15 is 0 Å². The van der Waals surface area contributed by atoms with Crippen LogP contribution in [-0.2, 0) is 0 Å². The second kappa shape index (κ2) is 3.67. The molecule has 1 aliphatic rings. The predicted molar refractivity (Wildman–Crippen MR) is 57.7 cm³/mol. The minimum absolute atomic E-state index is 0.583. The van der Waals surface area contributed by atoms with Crippen LogP contribution >= 0.6 is 0 Å². The van der Waals surface area contributed by atoms with Crippen molar-refractivity contribution >= 4 is 16.6 Å². The highest BCUT2D eigenvalue weighted by Gasteiger charge is 2.13. The number of H-pyrrole nitrogens is 1. The molecule has 0 spiro atoms. The minimum Gasteiger partial charge on any atom is -0.399 e. The van der Waals surface area contributed by atoms with E-state index in [1.165, 1.54) is 12.8 Å². The van der Waals surface area contributed by atoms with Gasteiger partial charge in [0.15, 0.2) is 0 Å². The van der Waals surface area contributed by atoms with Gasteiger partial charge in [-0.2, -0.15) is 5.10 Å². The number of nitrogens with one attached hydrogen (secondary N) is 1. The number of nitrogens with zero attached hydrogens (tertiary/aromatic N) is 1. The van der Waals surface area contributed by atoms with Crippen LogP contribution in [0.4, 0.5) is 5.69 Å². The number of anilines is 1. The molecule has 0 radical (unpaired) electrons. The standard InChI is InChI=1S/C7H7N3.C3H7N/c8-6-1-2-7-5(3-6)4-9-10-7;4-3-1-2-3/h1-4H,8H2,(H,9,10);3H,1-2,4H2. The summed E-state index contributed by atoms with van der Waals surface area (Å²) in [6.45, 7) is 0. The SMILES string of the molecule is NC1CC1.Nc1ccc2[nH]ncc2c1. The molecule has 1 heterocycles. The molecule has 0 bridgehead atoms. The number of rotatable bonds is 0. The summed E-state index contributed by atoms with van der Waals surface area (Å²) in [5, 5.41) is 7.76. The molecule has 3 rings (SSSR count). The fraction of sp³-hybridized carbons (Fsp3) is 0.300. The zero-order chi connectivity index (χ0) is 9.97. The van der Waals surface area contributed by atoms with Crippen LogP contribution in [0, 0.1) is 0 Å². The summed E-state index contributed by atoms with van der Waals surface area (Å²) in [7, 11) is 0. The molecule has 0 atom stereocenters. The maximum absolute atomic E-state index is 5.54. The Morgan fingerprint density at radius 2 is 2.07 bits per heavy atom. The summed E-state index contributed by atoms with van der Waals surface area (Å²) < 4.78 is 0. The van der Waals surface area contributed by atoms with Gasteiger partial charge in [0, 0.05) is 17.1 Å². The molecular formula is C10H14N4. The van der Waals surface area contributed by atoms with Gasteiger partial charge in [0.1, 0.15) is 0 Å². The van der Waals surface area contributed by atoms with Crippen molar-refractivity contribution in [3.05, 3.63) is 24.4 Å². The number of hydrogen-bond acceptors (Lipinski definition) is 3. The highest BCUT2D eigenvalue weighted by atomic mass is 15.1. The fourth-order valence-electron chi connectivity index (χ4n) is 1.06. The Balaban J connectivity index is 0.000000157. The van der Waals surface area contributed by atoms with Crippen molar-refractivity contribution in [1.82, 2.24) is 10.2 Å². The van der Waals surface area contributed by atoms with Gasteiger partial charge in [0.25, 0.3) is 0 Å². The summed E-state index contributed by atoms with van der Waals surface area (Å²) in [4.78, 5) is 0. The zero-order valence-corrected chi connectivity index (χ0v) is 7.90. The van der Waals surface area contributed by atoms with E-state index in [1.54, 1.807) is 6.20 Å². The minimum atomic E-state index is 0.583. The van der Waals surface area contributed by atoms with Gasteiger partial charge in [-0.25, -0.2) is 0 Å². The lowest BCUT2D eigenvalue weighted by Crippen LogP contribution is -1.94. The van der Waals surface area contributed by atoms with E-state index < -0.39 is 0 Å². The number of fused-ring (bicyclic) bond motifs is 1. The van der Waals surface area contributed by atoms with Crippen LogP contribution < -0.4 is 11.5 Å². The first-order valence-electron chi connectivity index (χ1n) is 4.70. The smallest absolute Gasteiger partial charge is 0.0651 e. The molecule has 1 fully saturated rings. The molecule has 5 N–H and O–H groups in total. The first-order valence-corrected chi connectivity index (χ1v) is 4.70. The third-order valence-corrected chi connectivity index (χ3v) is 2.09. The highest BCUT2D eigenvalue weighted by molar-refractivity contribution is 5.81. The molecule has 1 saturated carbocycles. The number of aromatic amines is 1. The lowest BCUT2D eigenvalue weighted by atomic mass is 10.2. The molecule has 0 saturated heterocycles. The summed E-state index contributed by atoms with van der Waals surface area (Å²) in [5.41, 5.74) is 12.6. The van der Waals surface area contributed by atoms with E-state index in [4.69, 9.17) is 11.5 Å². The molecule has 2 aromatic rings. The van der Waals surface area contributed by atoms with Gasteiger partial charge in [-0.3, -0.25) is 5.10 Å². The second-order valence-corrected chi connectivity index (χ2v) is 3.55. The molecule has 4 nitrogen and oxygen atoms in total.